The number of thiazole rings is 1. The Morgan fingerprint density at radius 3 is 2.43 bits per heavy atom. The Morgan fingerprint density at radius 2 is 1.82 bits per heavy atom. The standard InChI is InChI=1S/C30H27F2N7O2S.C2HF3O2/c31-19-9-24-25(35-16-37(24)10-19)26(27(40)36-29-34-5-6-42-29)39-11-22-21(28(39)41)7-18(8-23(22)32)17-1-3-20(4-2-17)38-14-30(15-38)12-33-13-30;3-2(4,5)1(6)7/h1-8,16,19,26,33H,9-15H2,(H,34,36,40);(H,6,7)/t19-,26?;/m1./s1. The van der Waals surface area contributed by atoms with Gasteiger partial charge in [-0.25, -0.2) is 23.5 Å². The van der Waals surface area contributed by atoms with E-state index >= 15 is 4.39 Å². The number of hydrogen-bond acceptors (Lipinski definition) is 8. The Labute approximate surface area is 279 Å². The van der Waals surface area contributed by atoms with E-state index in [0.29, 0.717) is 27.5 Å². The van der Waals surface area contributed by atoms with Crippen LogP contribution in [0.3, 0.4) is 0 Å². The third kappa shape index (κ3) is 6.12. The molecule has 8 rings (SSSR count). The number of rotatable bonds is 6. The molecule has 4 aliphatic rings. The predicted molar refractivity (Wildman–Crippen MR) is 167 cm³/mol. The number of carbonyl (C=O) groups excluding carboxylic acids is 2. The largest absolute Gasteiger partial charge is 0.490 e. The van der Waals surface area contributed by atoms with Gasteiger partial charge in [0, 0.05) is 72.1 Å². The molecule has 4 aromatic rings. The lowest BCUT2D eigenvalue weighted by Crippen LogP contribution is -2.71. The van der Waals surface area contributed by atoms with Crippen molar-refractivity contribution in [1.82, 2.24) is 24.8 Å². The minimum Gasteiger partial charge on any atom is -0.475 e. The first-order chi connectivity index (χ1) is 23.3. The SMILES string of the molecule is O=C(Nc1nccs1)C(c1ncn2c1C[C@@H](F)C2)N1Cc2c(F)cc(-c3ccc(N4CC5(CNC5)C4)cc3)cc2C1=O.O=C(O)C(F)(F)F. The van der Waals surface area contributed by atoms with Crippen LogP contribution in [0.15, 0.2) is 54.3 Å². The molecular formula is C32H28F5N7O4S. The van der Waals surface area contributed by atoms with Gasteiger partial charge in [0.05, 0.1) is 25.1 Å². The number of nitrogens with one attached hydrogen (secondary N) is 2. The van der Waals surface area contributed by atoms with Gasteiger partial charge >= 0.3 is 12.1 Å². The van der Waals surface area contributed by atoms with Gasteiger partial charge in [0.25, 0.3) is 11.8 Å². The van der Waals surface area contributed by atoms with Crippen LogP contribution in [0.5, 0.6) is 0 Å². The van der Waals surface area contributed by atoms with Crippen molar-refractivity contribution in [3.63, 3.8) is 0 Å². The summed E-state index contributed by atoms with van der Waals surface area (Å²) in [5.41, 5.74) is 4.22. The van der Waals surface area contributed by atoms with Crippen molar-refractivity contribution in [2.75, 3.05) is 36.4 Å². The zero-order valence-corrected chi connectivity index (χ0v) is 26.3. The number of amides is 2. The van der Waals surface area contributed by atoms with E-state index in [0.717, 1.165) is 37.4 Å². The number of carbonyl (C=O) groups is 3. The van der Waals surface area contributed by atoms with E-state index in [9.17, 15) is 27.2 Å². The maximum absolute atomic E-state index is 15.6. The quantitative estimate of drug-likeness (QED) is 0.252. The van der Waals surface area contributed by atoms with Crippen LogP contribution >= 0.6 is 11.3 Å². The van der Waals surface area contributed by atoms with Crippen LogP contribution in [0.25, 0.3) is 11.1 Å². The van der Waals surface area contributed by atoms with Crippen LogP contribution in [0.2, 0.25) is 0 Å². The van der Waals surface area contributed by atoms with Crippen molar-refractivity contribution in [2.45, 2.75) is 37.9 Å². The Bertz CT molecular complexity index is 1920. The second-order valence-corrected chi connectivity index (χ2v) is 13.4. The molecule has 17 heteroatoms. The van der Waals surface area contributed by atoms with Crippen molar-refractivity contribution >= 4 is 39.9 Å². The highest BCUT2D eigenvalue weighted by molar-refractivity contribution is 7.13. The molecule has 2 fully saturated rings. The number of carboxylic acid groups (broad SMARTS) is 1. The molecule has 2 aromatic heterocycles. The number of fused-ring (bicyclic) bond motifs is 2. The highest BCUT2D eigenvalue weighted by Crippen LogP contribution is 2.40. The van der Waals surface area contributed by atoms with Crippen LogP contribution in [0.4, 0.5) is 32.8 Å². The van der Waals surface area contributed by atoms with Gasteiger partial charge in [-0.3, -0.25) is 14.9 Å². The molecule has 49 heavy (non-hydrogen) atoms. The van der Waals surface area contributed by atoms with E-state index in [4.69, 9.17) is 9.90 Å². The maximum atomic E-state index is 15.6. The van der Waals surface area contributed by atoms with Crippen molar-refractivity contribution in [3.8, 4) is 11.1 Å². The summed E-state index contributed by atoms with van der Waals surface area (Å²) in [6, 6.07) is 9.92. The minimum atomic E-state index is -5.08. The molecule has 1 unspecified atom stereocenters. The van der Waals surface area contributed by atoms with Gasteiger partial charge in [0.1, 0.15) is 12.0 Å². The summed E-state index contributed by atoms with van der Waals surface area (Å²) in [7, 11) is 0. The first-order valence-corrected chi connectivity index (χ1v) is 16.1. The topological polar surface area (TPSA) is 133 Å². The maximum Gasteiger partial charge on any atom is 0.490 e. The molecule has 4 aliphatic heterocycles. The first-order valence-electron chi connectivity index (χ1n) is 15.2. The fourth-order valence-corrected chi connectivity index (χ4v) is 7.20. The molecule has 2 atom stereocenters. The number of benzene rings is 2. The number of alkyl halides is 4. The smallest absolute Gasteiger partial charge is 0.475 e. The third-order valence-corrected chi connectivity index (χ3v) is 9.83. The zero-order valence-electron chi connectivity index (χ0n) is 25.5. The summed E-state index contributed by atoms with van der Waals surface area (Å²) in [6.07, 6.45) is -3.04. The summed E-state index contributed by atoms with van der Waals surface area (Å²) in [6.45, 7) is 4.22. The van der Waals surface area contributed by atoms with E-state index in [1.54, 1.807) is 22.2 Å². The minimum absolute atomic E-state index is 0.0924. The molecule has 2 aromatic carbocycles. The number of halogens is 5. The number of aliphatic carboxylic acids is 1. The van der Waals surface area contributed by atoms with E-state index < -0.39 is 42.0 Å². The lowest BCUT2D eigenvalue weighted by Gasteiger charge is -2.57. The Balaban J connectivity index is 0.000000491. The molecule has 11 nitrogen and oxygen atoms in total. The second kappa shape index (κ2) is 12.2. The molecule has 6 heterocycles. The summed E-state index contributed by atoms with van der Waals surface area (Å²) < 4.78 is 63.3. The number of anilines is 2. The highest BCUT2D eigenvalue weighted by Gasteiger charge is 2.47. The summed E-state index contributed by atoms with van der Waals surface area (Å²) in [4.78, 5) is 48.6. The van der Waals surface area contributed by atoms with E-state index in [1.807, 2.05) is 24.3 Å². The summed E-state index contributed by atoms with van der Waals surface area (Å²) in [5, 5.41) is 15.3. The third-order valence-electron chi connectivity index (χ3n) is 9.15. The monoisotopic (exact) mass is 701 g/mol. The lowest BCUT2D eigenvalue weighted by atomic mass is 9.74. The number of imidazole rings is 1. The van der Waals surface area contributed by atoms with Crippen molar-refractivity contribution in [3.05, 3.63) is 82.6 Å². The fraction of sp³-hybridized carbons (Fsp3) is 0.344. The van der Waals surface area contributed by atoms with Gasteiger partial charge in [-0.1, -0.05) is 12.1 Å². The number of hydrogen-bond donors (Lipinski definition) is 3. The molecule has 0 aliphatic carbocycles. The van der Waals surface area contributed by atoms with E-state index in [2.05, 4.69) is 25.5 Å². The fourth-order valence-electron chi connectivity index (χ4n) is 6.66. The molecule has 0 saturated carbocycles. The predicted octanol–water partition coefficient (Wildman–Crippen LogP) is 4.42. The molecule has 3 N–H and O–H groups in total. The molecule has 2 amide bonds. The van der Waals surface area contributed by atoms with Gasteiger partial charge in [0.15, 0.2) is 11.2 Å². The van der Waals surface area contributed by atoms with Gasteiger partial charge in [-0.2, -0.15) is 13.2 Å². The molecular weight excluding hydrogens is 673 g/mol. The van der Waals surface area contributed by atoms with Crippen LogP contribution in [-0.2, 0) is 29.1 Å². The average Bonchev–Trinajstić information content (AvgIpc) is 3.79. The summed E-state index contributed by atoms with van der Waals surface area (Å²) in [5.74, 6) is -4.27. The van der Waals surface area contributed by atoms with Crippen LogP contribution in [-0.4, -0.2) is 80.9 Å². The molecule has 0 radical (unpaired) electrons. The zero-order chi connectivity index (χ0) is 34.7. The van der Waals surface area contributed by atoms with Crippen molar-refractivity contribution < 1.29 is 41.4 Å². The Kier molecular flexibility index (Phi) is 8.13. The van der Waals surface area contributed by atoms with Crippen LogP contribution in [0, 0.1) is 11.2 Å². The van der Waals surface area contributed by atoms with E-state index in [-0.39, 0.29) is 30.6 Å². The number of aromatic nitrogens is 3. The van der Waals surface area contributed by atoms with Gasteiger partial charge in [-0.05, 0) is 35.4 Å². The molecule has 0 bridgehead atoms. The van der Waals surface area contributed by atoms with Crippen molar-refractivity contribution in [2.24, 2.45) is 5.41 Å². The lowest BCUT2D eigenvalue weighted by molar-refractivity contribution is -0.192. The Hall–Kier alpha value is -4.90. The van der Waals surface area contributed by atoms with Gasteiger partial charge in [-0.15, -0.1) is 11.3 Å². The number of carboxylic acids is 1. The Morgan fingerprint density at radius 1 is 1.10 bits per heavy atom. The van der Waals surface area contributed by atoms with Crippen molar-refractivity contribution in [1.29, 1.82) is 0 Å². The first kappa shape index (κ1) is 32.6. The van der Waals surface area contributed by atoms with Gasteiger partial charge in [0.2, 0.25) is 0 Å². The van der Waals surface area contributed by atoms with Crippen LogP contribution in [0.1, 0.15) is 33.4 Å². The summed E-state index contributed by atoms with van der Waals surface area (Å²) >= 11 is 1.24. The second-order valence-electron chi connectivity index (χ2n) is 12.5. The van der Waals surface area contributed by atoms with Gasteiger partial charge < -0.3 is 24.8 Å². The number of nitrogens with zero attached hydrogens (tertiary/aromatic N) is 5. The van der Waals surface area contributed by atoms with Crippen LogP contribution < -0.4 is 15.5 Å². The molecule has 2 saturated heterocycles. The molecule has 1 spiro atoms. The average molecular weight is 702 g/mol. The molecule has 256 valence electrons. The highest BCUT2D eigenvalue weighted by atomic mass is 32.1. The normalized spacial score (nSPS) is 19.4. The van der Waals surface area contributed by atoms with E-state index in [1.165, 1.54) is 28.6 Å².